The number of anilines is 2. The molecule has 0 aromatic heterocycles. The second-order valence-electron chi connectivity index (χ2n) is 25.9. The molecule has 5 heterocycles. The zero-order chi connectivity index (χ0) is 73.4. The van der Waals surface area contributed by atoms with Crippen molar-refractivity contribution in [2.24, 2.45) is 20.7 Å². The lowest BCUT2D eigenvalue weighted by atomic mass is 9.80. The summed E-state index contributed by atoms with van der Waals surface area (Å²) in [5, 5.41) is 30.7. The molecule has 7 N–H and O–H groups in total. The molecule has 15 nitrogen and oxygen atoms in total. The Kier molecular flexibility index (Phi) is 24.1. The number of hydrogen-bond donors (Lipinski definition) is 6. The van der Waals surface area contributed by atoms with E-state index in [0.29, 0.717) is 32.3 Å². The average Bonchev–Trinajstić information content (AvgIpc) is 1.21. The highest BCUT2D eigenvalue weighted by atomic mass is 35.5. The Morgan fingerprint density at radius 1 is 0.442 bits per heavy atom. The molecule has 0 spiro atoms. The highest BCUT2D eigenvalue weighted by molar-refractivity contribution is 6.33. The SMILES string of the molecule is CC1(c2ccc(O)cc2)NC(=O)Nc2ccc(Cl)cc21.CC1(c2ccccc2)OC(N)=Nc2ccc(Cl)cc21.CCCC1=Nc2ccc(Cl)cc2C(C)(c2ccccc2)O1.CCCC1=Nc2ccc(Cl)cc2C(C)(c2ccccc2)O1.CCN1C(=O)Nc2cc(O)c(Cl)cc2C1(C)c1ccccc1.Cl. The summed E-state index contributed by atoms with van der Waals surface area (Å²) in [7, 11) is 0. The number of carbonyl (C=O) groups is 2. The Balaban J connectivity index is 0.000000139. The average molecular weight is 1510 g/mol. The first-order valence-electron chi connectivity index (χ1n) is 33.8. The van der Waals surface area contributed by atoms with E-state index in [9.17, 15) is 19.8 Å². The van der Waals surface area contributed by atoms with Crippen LogP contribution in [0.15, 0.2) is 245 Å². The molecule has 536 valence electrons. The largest absolute Gasteiger partial charge is 0.508 e. The molecule has 0 fully saturated rings. The second kappa shape index (κ2) is 32.5. The fourth-order valence-corrected chi connectivity index (χ4v) is 14.3. The maximum Gasteiger partial charge on any atom is 0.322 e. The monoisotopic (exact) mass is 1510 g/mol. The number of amides is 4. The third-order valence-corrected chi connectivity index (χ3v) is 20.1. The van der Waals surface area contributed by atoms with E-state index in [0.717, 1.165) is 116 Å². The second-order valence-corrected chi connectivity index (χ2v) is 28.0. The van der Waals surface area contributed by atoms with Crippen LogP contribution in [0.2, 0.25) is 25.1 Å². The van der Waals surface area contributed by atoms with Gasteiger partial charge in [-0.2, -0.15) is 4.99 Å². The summed E-state index contributed by atoms with van der Waals surface area (Å²) >= 11 is 30.6. The molecule has 10 aromatic carbocycles. The van der Waals surface area contributed by atoms with Crippen molar-refractivity contribution in [1.29, 1.82) is 0 Å². The Hall–Kier alpha value is -9.71. The van der Waals surface area contributed by atoms with Gasteiger partial charge in [-0.25, -0.2) is 19.6 Å². The first-order chi connectivity index (χ1) is 49.3. The van der Waals surface area contributed by atoms with E-state index < -0.39 is 27.9 Å². The molecule has 15 rings (SSSR count). The number of aliphatic imine (C=N–C) groups is 3. The molecular formula is C83H80Cl6N8O7. The fourth-order valence-electron chi connectivity index (χ4n) is 13.5. The molecule has 5 atom stereocenters. The number of phenolic OH excluding ortho intramolecular Hbond substituents is 2. The molecule has 5 aliphatic rings. The summed E-state index contributed by atoms with van der Waals surface area (Å²) in [4.78, 5) is 39.6. The minimum absolute atomic E-state index is 0. The van der Waals surface area contributed by atoms with E-state index in [2.05, 4.69) is 82.9 Å². The van der Waals surface area contributed by atoms with Crippen molar-refractivity contribution in [1.82, 2.24) is 10.2 Å². The number of rotatable bonds is 10. The number of benzene rings is 10. The standard InChI is InChI=1S/2C18H18ClNO.C17H17ClN2O2.C15H13ClN2O2.C15H13ClN2O.ClH/c2*1-3-7-17-20-16-11-10-14(19)12-15(16)18(2,21-17)13-8-5-4-6-9-13;1-3-20-16(22)19-14-10-15(21)13(18)9-12(14)17(20,2)11-7-5-4-6-8-11;1-15(9-2-5-11(19)6-3-9)12-8-10(16)4-7-13(12)17-14(20)18-15;1-15(10-5-3-2-4-6-10)12-9-11(16)7-8-13(12)18-14(17)19-15;/h2*4-6,8-12H,3,7H2,1-2H3;4-10,21H,3H2,1-2H3,(H,19,22);2-8,19H,1H3,(H2,17,18,20);2-9H,1H3,(H2,17,18);1H. The van der Waals surface area contributed by atoms with Crippen molar-refractivity contribution in [3.63, 3.8) is 0 Å². The number of amidine groups is 1. The van der Waals surface area contributed by atoms with Gasteiger partial charge in [0.1, 0.15) is 11.5 Å². The topological polar surface area (TPSA) is 205 Å². The van der Waals surface area contributed by atoms with E-state index in [1.807, 2.05) is 179 Å². The van der Waals surface area contributed by atoms with Crippen LogP contribution in [0.3, 0.4) is 0 Å². The first kappa shape index (κ1) is 76.9. The first-order valence-corrected chi connectivity index (χ1v) is 35.7. The molecule has 0 bridgehead atoms. The molecule has 5 unspecified atom stereocenters. The molecular weight excluding hydrogens is 1430 g/mol. The van der Waals surface area contributed by atoms with Crippen LogP contribution >= 0.6 is 70.4 Å². The number of nitrogens with zero attached hydrogens (tertiary/aromatic N) is 4. The van der Waals surface area contributed by atoms with E-state index in [1.165, 1.54) is 6.07 Å². The summed E-state index contributed by atoms with van der Waals surface area (Å²) in [6.07, 6.45) is 3.69. The number of aromatic hydroxyl groups is 2. The zero-order valence-corrected chi connectivity index (χ0v) is 63.2. The van der Waals surface area contributed by atoms with Crippen molar-refractivity contribution in [2.45, 2.75) is 109 Å². The molecule has 0 saturated heterocycles. The van der Waals surface area contributed by atoms with Gasteiger partial charge in [0.15, 0.2) is 28.6 Å². The van der Waals surface area contributed by atoms with Crippen LogP contribution in [-0.4, -0.2) is 51.5 Å². The molecule has 0 aliphatic carbocycles. The van der Waals surface area contributed by atoms with Crippen LogP contribution in [-0.2, 0) is 42.1 Å². The predicted molar refractivity (Wildman–Crippen MR) is 424 cm³/mol. The number of halogens is 6. The van der Waals surface area contributed by atoms with Crippen LogP contribution in [0.1, 0.15) is 137 Å². The molecule has 0 radical (unpaired) electrons. The summed E-state index contributed by atoms with van der Waals surface area (Å²) in [6, 6.07) is 72.4. The Bertz CT molecular complexity index is 4730. The summed E-state index contributed by atoms with van der Waals surface area (Å²) in [5.41, 5.74) is 16.5. The van der Waals surface area contributed by atoms with E-state index in [1.54, 1.807) is 53.4 Å². The smallest absolute Gasteiger partial charge is 0.322 e. The number of hydrogen-bond acceptors (Lipinski definition) is 11. The van der Waals surface area contributed by atoms with E-state index in [4.69, 9.17) is 77.9 Å². The van der Waals surface area contributed by atoms with Crippen LogP contribution in [0.5, 0.6) is 11.5 Å². The van der Waals surface area contributed by atoms with Gasteiger partial charge < -0.3 is 51.0 Å². The number of carbonyl (C=O) groups excluding carboxylic acids is 2. The summed E-state index contributed by atoms with van der Waals surface area (Å²) < 4.78 is 18.4. The molecule has 5 aliphatic heterocycles. The van der Waals surface area contributed by atoms with Gasteiger partial charge in [0.25, 0.3) is 6.02 Å². The zero-order valence-electron chi connectivity index (χ0n) is 58.6. The van der Waals surface area contributed by atoms with E-state index in [-0.39, 0.29) is 47.0 Å². The van der Waals surface area contributed by atoms with Gasteiger partial charge in [-0.3, -0.25) is 0 Å². The highest BCUT2D eigenvalue weighted by Crippen LogP contribution is 2.49. The number of phenols is 2. The van der Waals surface area contributed by atoms with E-state index >= 15 is 0 Å². The van der Waals surface area contributed by atoms with Gasteiger partial charge in [-0.15, -0.1) is 12.4 Å². The third kappa shape index (κ3) is 16.1. The van der Waals surface area contributed by atoms with Gasteiger partial charge in [0.05, 0.1) is 38.9 Å². The van der Waals surface area contributed by atoms with Crippen LogP contribution < -0.4 is 21.7 Å². The molecule has 10 aromatic rings. The Morgan fingerprint density at radius 3 is 1.28 bits per heavy atom. The lowest BCUT2D eigenvalue weighted by molar-refractivity contribution is 0.108. The molecule has 104 heavy (non-hydrogen) atoms. The minimum Gasteiger partial charge on any atom is -0.508 e. The van der Waals surface area contributed by atoms with Gasteiger partial charge >= 0.3 is 12.1 Å². The lowest BCUT2D eigenvalue weighted by Crippen LogP contribution is -2.53. The van der Waals surface area contributed by atoms with Crippen molar-refractivity contribution in [3.05, 3.63) is 311 Å². The predicted octanol–water partition coefficient (Wildman–Crippen LogP) is 22.6. The number of nitrogens with two attached hydrogens (primary N) is 1. The van der Waals surface area contributed by atoms with Gasteiger partial charge in [0.2, 0.25) is 0 Å². The van der Waals surface area contributed by atoms with Crippen molar-refractivity contribution >= 4 is 129 Å². The maximum atomic E-state index is 12.5. The van der Waals surface area contributed by atoms with Crippen molar-refractivity contribution < 1.29 is 34.0 Å². The maximum absolute atomic E-state index is 12.5. The van der Waals surface area contributed by atoms with Crippen molar-refractivity contribution in [3.8, 4) is 11.5 Å². The van der Waals surface area contributed by atoms with Crippen LogP contribution in [0, 0.1) is 0 Å². The number of ether oxygens (including phenoxy) is 3. The summed E-state index contributed by atoms with van der Waals surface area (Å²) in [5.74, 6) is 1.72. The van der Waals surface area contributed by atoms with Crippen molar-refractivity contribution in [2.75, 3.05) is 17.2 Å². The molecule has 4 amide bonds. The third-order valence-electron chi connectivity index (χ3n) is 18.9. The van der Waals surface area contributed by atoms with Gasteiger partial charge in [-0.1, -0.05) is 205 Å². The van der Waals surface area contributed by atoms with Gasteiger partial charge in [-0.05, 0) is 173 Å². The van der Waals surface area contributed by atoms with Crippen LogP contribution in [0.25, 0.3) is 0 Å². The highest BCUT2D eigenvalue weighted by Gasteiger charge is 2.45. The quantitative estimate of drug-likeness (QED) is 0.0775. The molecule has 0 saturated carbocycles. The normalized spacial score (nSPS) is 20.5. The van der Waals surface area contributed by atoms with Gasteiger partial charge in [0, 0.05) is 79.0 Å². The minimum atomic E-state index is -0.698. The van der Waals surface area contributed by atoms with Crippen LogP contribution in [0.4, 0.5) is 38.0 Å². The summed E-state index contributed by atoms with van der Waals surface area (Å²) in [6.45, 7) is 16.8. The fraction of sp³-hybridized carbons (Fsp3) is 0.217. The number of nitrogens with one attached hydrogen (secondary N) is 3. The lowest BCUT2D eigenvalue weighted by Gasteiger charge is -2.46. The molecule has 21 heteroatoms. The number of urea groups is 2. The Labute approximate surface area is 638 Å². The Morgan fingerprint density at radius 2 is 0.846 bits per heavy atom. The number of fused-ring (bicyclic) bond motifs is 5.